The summed E-state index contributed by atoms with van der Waals surface area (Å²) < 4.78 is 1.02. The van der Waals surface area contributed by atoms with Crippen molar-refractivity contribution in [2.45, 2.75) is 6.92 Å². The summed E-state index contributed by atoms with van der Waals surface area (Å²) in [6.45, 7) is 2.66. The van der Waals surface area contributed by atoms with Crippen molar-refractivity contribution in [3.63, 3.8) is 0 Å². The molecule has 0 N–H and O–H groups in total. The van der Waals surface area contributed by atoms with Crippen LogP contribution in [0.15, 0.2) is 42.7 Å². The van der Waals surface area contributed by atoms with Crippen molar-refractivity contribution in [3.8, 4) is 10.6 Å². The van der Waals surface area contributed by atoms with Gasteiger partial charge in [-0.1, -0.05) is 0 Å². The maximum Gasteiger partial charge on any atom is 0.253 e. The third kappa shape index (κ3) is 2.64. The van der Waals surface area contributed by atoms with Crippen molar-refractivity contribution in [1.29, 1.82) is 0 Å². The molecule has 2 aromatic heterocycles. The highest BCUT2D eigenvalue weighted by Crippen LogP contribution is 2.30. The van der Waals surface area contributed by atoms with Crippen LogP contribution in [0.4, 0.5) is 0 Å². The van der Waals surface area contributed by atoms with Crippen LogP contribution in [0.25, 0.3) is 20.8 Å². The fourth-order valence-corrected chi connectivity index (χ4v) is 3.03. The third-order valence-electron chi connectivity index (χ3n) is 3.36. The zero-order chi connectivity index (χ0) is 14.8. The Hall–Kier alpha value is -2.27. The molecule has 0 unspecified atom stereocenters. The Morgan fingerprint density at radius 2 is 2.19 bits per heavy atom. The molecule has 0 aliphatic carbocycles. The minimum Gasteiger partial charge on any atom is -0.342 e. The lowest BCUT2D eigenvalue weighted by molar-refractivity contribution is 0.0802. The number of carbonyl (C=O) groups is 1. The molecule has 0 saturated heterocycles. The average Bonchev–Trinajstić information content (AvgIpc) is 2.97. The normalized spacial score (nSPS) is 10.8. The smallest absolute Gasteiger partial charge is 0.253 e. The van der Waals surface area contributed by atoms with Crippen LogP contribution in [0.5, 0.6) is 0 Å². The number of hydrogen-bond acceptors (Lipinski definition) is 4. The van der Waals surface area contributed by atoms with Gasteiger partial charge in [0.15, 0.2) is 0 Å². The van der Waals surface area contributed by atoms with Gasteiger partial charge < -0.3 is 4.90 Å². The topological polar surface area (TPSA) is 46.1 Å². The first-order chi connectivity index (χ1) is 10.2. The maximum absolute atomic E-state index is 12.2. The molecular weight excluding hydrogens is 282 g/mol. The van der Waals surface area contributed by atoms with Gasteiger partial charge in [0.25, 0.3) is 5.91 Å². The SMILES string of the molecule is CCN(C)C(=O)c1ccc2nc(-c3cccnc3)sc2c1. The molecule has 106 valence electrons. The first kappa shape index (κ1) is 13.7. The second kappa shape index (κ2) is 5.61. The number of fused-ring (bicyclic) bond motifs is 1. The maximum atomic E-state index is 12.2. The number of nitrogens with zero attached hydrogens (tertiary/aromatic N) is 3. The number of thiazole rings is 1. The molecule has 1 aromatic carbocycles. The van der Waals surface area contributed by atoms with Gasteiger partial charge in [-0.2, -0.15) is 0 Å². The van der Waals surface area contributed by atoms with Crippen LogP contribution in [0.2, 0.25) is 0 Å². The average molecular weight is 297 g/mol. The van der Waals surface area contributed by atoms with Gasteiger partial charge in [-0.3, -0.25) is 9.78 Å². The van der Waals surface area contributed by atoms with Crippen LogP contribution in [-0.4, -0.2) is 34.4 Å². The quantitative estimate of drug-likeness (QED) is 0.744. The van der Waals surface area contributed by atoms with E-state index in [0.717, 1.165) is 20.8 Å². The van der Waals surface area contributed by atoms with Crippen molar-refractivity contribution in [3.05, 3.63) is 48.3 Å². The first-order valence-electron chi connectivity index (χ1n) is 6.75. The van der Waals surface area contributed by atoms with Gasteiger partial charge in [0.05, 0.1) is 10.2 Å². The molecule has 2 heterocycles. The second-order valence-electron chi connectivity index (χ2n) is 4.76. The van der Waals surface area contributed by atoms with Gasteiger partial charge in [-0.25, -0.2) is 4.98 Å². The Bertz CT molecular complexity index is 783. The van der Waals surface area contributed by atoms with Crippen LogP contribution in [0.3, 0.4) is 0 Å². The van der Waals surface area contributed by atoms with Crippen molar-refractivity contribution >= 4 is 27.5 Å². The summed E-state index contributed by atoms with van der Waals surface area (Å²) in [6.07, 6.45) is 3.54. The molecule has 4 nitrogen and oxygen atoms in total. The molecule has 0 saturated carbocycles. The van der Waals surface area contributed by atoms with E-state index in [2.05, 4.69) is 9.97 Å². The van der Waals surface area contributed by atoms with Gasteiger partial charge in [0, 0.05) is 37.1 Å². The summed E-state index contributed by atoms with van der Waals surface area (Å²) in [7, 11) is 1.81. The lowest BCUT2D eigenvalue weighted by atomic mass is 10.2. The number of hydrogen-bond donors (Lipinski definition) is 0. The minimum atomic E-state index is 0.0377. The fraction of sp³-hybridized carbons (Fsp3) is 0.188. The van der Waals surface area contributed by atoms with E-state index in [-0.39, 0.29) is 5.91 Å². The highest BCUT2D eigenvalue weighted by Gasteiger charge is 2.13. The van der Waals surface area contributed by atoms with Gasteiger partial charge in [0.1, 0.15) is 5.01 Å². The summed E-state index contributed by atoms with van der Waals surface area (Å²) in [4.78, 5) is 22.6. The predicted molar refractivity (Wildman–Crippen MR) is 85.5 cm³/mol. The zero-order valence-electron chi connectivity index (χ0n) is 11.9. The Balaban J connectivity index is 2.01. The molecule has 3 aromatic rings. The van der Waals surface area contributed by atoms with E-state index in [1.165, 1.54) is 0 Å². The van der Waals surface area contributed by atoms with E-state index >= 15 is 0 Å². The molecule has 0 radical (unpaired) electrons. The van der Waals surface area contributed by atoms with Crippen LogP contribution < -0.4 is 0 Å². The lowest BCUT2D eigenvalue weighted by Gasteiger charge is -2.13. The molecule has 5 heteroatoms. The zero-order valence-corrected chi connectivity index (χ0v) is 12.7. The predicted octanol–water partition coefficient (Wildman–Crippen LogP) is 3.45. The Kier molecular flexibility index (Phi) is 3.66. The summed E-state index contributed by atoms with van der Waals surface area (Å²) in [5, 5.41) is 0.923. The fourth-order valence-electron chi connectivity index (χ4n) is 2.03. The molecule has 0 aliphatic rings. The van der Waals surface area contributed by atoms with E-state index in [1.807, 2.05) is 37.3 Å². The van der Waals surface area contributed by atoms with E-state index in [9.17, 15) is 4.79 Å². The van der Waals surface area contributed by atoms with E-state index < -0.39 is 0 Å². The monoisotopic (exact) mass is 297 g/mol. The lowest BCUT2D eigenvalue weighted by Crippen LogP contribution is -2.26. The molecular formula is C16H15N3OS. The van der Waals surface area contributed by atoms with Crippen molar-refractivity contribution in [1.82, 2.24) is 14.9 Å². The van der Waals surface area contributed by atoms with Gasteiger partial charge in [-0.05, 0) is 37.3 Å². The minimum absolute atomic E-state index is 0.0377. The number of benzene rings is 1. The third-order valence-corrected chi connectivity index (χ3v) is 4.43. The van der Waals surface area contributed by atoms with Crippen molar-refractivity contribution in [2.24, 2.45) is 0 Å². The van der Waals surface area contributed by atoms with Crippen molar-refractivity contribution < 1.29 is 4.79 Å². The highest BCUT2D eigenvalue weighted by atomic mass is 32.1. The highest BCUT2D eigenvalue weighted by molar-refractivity contribution is 7.21. The summed E-state index contributed by atoms with van der Waals surface area (Å²) >= 11 is 1.58. The van der Waals surface area contributed by atoms with Gasteiger partial charge >= 0.3 is 0 Å². The molecule has 0 fully saturated rings. The standard InChI is InChI=1S/C16H15N3OS/c1-3-19(2)16(20)11-6-7-13-14(9-11)21-15(18-13)12-5-4-8-17-10-12/h4-10H,3H2,1-2H3. The molecule has 0 aliphatic heterocycles. The van der Waals surface area contributed by atoms with Gasteiger partial charge in [-0.15, -0.1) is 11.3 Å². The van der Waals surface area contributed by atoms with Crippen LogP contribution in [-0.2, 0) is 0 Å². The largest absolute Gasteiger partial charge is 0.342 e. The van der Waals surface area contributed by atoms with E-state index in [0.29, 0.717) is 12.1 Å². The van der Waals surface area contributed by atoms with E-state index in [1.54, 1.807) is 35.7 Å². The van der Waals surface area contributed by atoms with Crippen LogP contribution >= 0.6 is 11.3 Å². The molecule has 0 bridgehead atoms. The molecule has 0 atom stereocenters. The summed E-state index contributed by atoms with van der Waals surface area (Å²) in [6, 6.07) is 9.54. The Morgan fingerprint density at radius 3 is 2.90 bits per heavy atom. The van der Waals surface area contributed by atoms with Crippen LogP contribution in [0, 0.1) is 0 Å². The number of rotatable bonds is 3. The molecule has 21 heavy (non-hydrogen) atoms. The Morgan fingerprint density at radius 1 is 1.33 bits per heavy atom. The number of carbonyl (C=O) groups excluding carboxylic acids is 1. The molecule has 0 spiro atoms. The summed E-state index contributed by atoms with van der Waals surface area (Å²) in [5.41, 5.74) is 2.61. The first-order valence-corrected chi connectivity index (χ1v) is 7.57. The molecule has 1 amide bonds. The molecule has 3 rings (SSSR count). The summed E-state index contributed by atoms with van der Waals surface area (Å²) in [5.74, 6) is 0.0377. The Labute approximate surface area is 127 Å². The number of pyridine rings is 1. The van der Waals surface area contributed by atoms with Crippen LogP contribution in [0.1, 0.15) is 17.3 Å². The number of aromatic nitrogens is 2. The van der Waals surface area contributed by atoms with E-state index in [4.69, 9.17) is 0 Å². The van der Waals surface area contributed by atoms with Crippen molar-refractivity contribution in [2.75, 3.05) is 13.6 Å². The number of amides is 1. The van der Waals surface area contributed by atoms with Gasteiger partial charge in [0.2, 0.25) is 0 Å². The second-order valence-corrected chi connectivity index (χ2v) is 5.79.